The number of para-hydroxylation sites is 2. The fourth-order valence-corrected chi connectivity index (χ4v) is 5.77. The SMILES string of the molecule is CCOc1ccc(C2CC(=O)C3=C(C2)Nc2ccccc2NC3c2cc(OC)c(Br)cc2OC)cc1OC. The molecule has 7 nitrogen and oxygen atoms in total. The molecule has 0 radical (unpaired) electrons. The molecule has 2 N–H and O–H groups in total. The molecule has 0 aromatic heterocycles. The average molecular weight is 579 g/mol. The highest BCUT2D eigenvalue weighted by Gasteiger charge is 2.37. The van der Waals surface area contributed by atoms with Gasteiger partial charge < -0.3 is 29.6 Å². The topological polar surface area (TPSA) is 78.1 Å². The summed E-state index contributed by atoms with van der Waals surface area (Å²) in [6.07, 6.45) is 1.04. The van der Waals surface area contributed by atoms with Crippen LogP contribution in [0.3, 0.4) is 0 Å². The molecule has 0 amide bonds. The maximum absolute atomic E-state index is 14.0. The van der Waals surface area contributed by atoms with Crippen LogP contribution in [0.4, 0.5) is 11.4 Å². The molecule has 1 aliphatic carbocycles. The molecule has 2 aliphatic rings. The van der Waals surface area contributed by atoms with Crippen LogP contribution in [-0.4, -0.2) is 33.7 Å². The van der Waals surface area contributed by atoms with E-state index in [4.69, 9.17) is 18.9 Å². The number of ketones is 1. The molecule has 5 rings (SSSR count). The average Bonchev–Trinajstić information content (AvgIpc) is 3.10. The summed E-state index contributed by atoms with van der Waals surface area (Å²) in [5.74, 6) is 2.76. The Bertz CT molecular complexity index is 1400. The van der Waals surface area contributed by atoms with Crippen LogP contribution in [0.1, 0.15) is 42.9 Å². The number of halogens is 1. The number of carbonyl (C=O) groups is 1. The Labute approximate surface area is 231 Å². The molecule has 1 aliphatic heterocycles. The Morgan fingerprint density at radius 3 is 2.32 bits per heavy atom. The zero-order chi connectivity index (χ0) is 26.8. The first-order valence-corrected chi connectivity index (χ1v) is 13.4. The molecular formula is C30H31BrN2O5. The third-order valence-corrected chi connectivity index (χ3v) is 7.70. The smallest absolute Gasteiger partial charge is 0.163 e. The monoisotopic (exact) mass is 578 g/mol. The van der Waals surface area contributed by atoms with Crippen LogP contribution in [0.25, 0.3) is 0 Å². The number of hydrogen-bond acceptors (Lipinski definition) is 7. The van der Waals surface area contributed by atoms with Crippen molar-refractivity contribution >= 4 is 33.1 Å². The molecule has 3 aromatic carbocycles. The van der Waals surface area contributed by atoms with E-state index >= 15 is 0 Å². The number of rotatable bonds is 7. The minimum Gasteiger partial charge on any atom is -0.496 e. The third-order valence-electron chi connectivity index (χ3n) is 7.08. The van der Waals surface area contributed by atoms with Crippen LogP contribution in [0.2, 0.25) is 0 Å². The van der Waals surface area contributed by atoms with Gasteiger partial charge in [-0.2, -0.15) is 0 Å². The predicted molar refractivity (Wildman–Crippen MR) is 152 cm³/mol. The summed E-state index contributed by atoms with van der Waals surface area (Å²) in [7, 11) is 4.89. The second kappa shape index (κ2) is 11.0. The van der Waals surface area contributed by atoms with Gasteiger partial charge in [-0.15, -0.1) is 0 Å². The van der Waals surface area contributed by atoms with Crippen molar-refractivity contribution in [3.8, 4) is 23.0 Å². The summed E-state index contributed by atoms with van der Waals surface area (Å²) < 4.78 is 23.4. The van der Waals surface area contributed by atoms with Crippen LogP contribution < -0.4 is 29.6 Å². The van der Waals surface area contributed by atoms with Crippen molar-refractivity contribution < 1.29 is 23.7 Å². The van der Waals surface area contributed by atoms with Crippen molar-refractivity contribution in [2.45, 2.75) is 31.7 Å². The quantitative estimate of drug-likeness (QED) is 0.317. The van der Waals surface area contributed by atoms with Gasteiger partial charge in [0.15, 0.2) is 17.3 Å². The van der Waals surface area contributed by atoms with Gasteiger partial charge in [-0.05, 0) is 77.2 Å². The minimum atomic E-state index is -0.429. The normalized spacial score (nSPS) is 18.4. The van der Waals surface area contributed by atoms with Gasteiger partial charge in [-0.3, -0.25) is 4.79 Å². The Hall–Kier alpha value is -3.65. The molecule has 0 saturated carbocycles. The number of methoxy groups -OCH3 is 3. The zero-order valence-corrected chi connectivity index (χ0v) is 23.5. The standard InChI is InChI=1S/C30H31BrN2O5/c1-5-38-25-11-10-17(14-28(25)37-4)18-12-23-29(24(34)13-18)30(33-22-9-7-6-8-21(22)32-23)19-15-27(36-3)20(31)16-26(19)35-2/h6-11,14-16,18,30,32-33H,5,12-13H2,1-4H3. The first-order chi connectivity index (χ1) is 18.5. The van der Waals surface area contributed by atoms with Crippen molar-refractivity contribution in [3.63, 3.8) is 0 Å². The Morgan fingerprint density at radius 2 is 1.61 bits per heavy atom. The first-order valence-electron chi connectivity index (χ1n) is 12.6. The molecule has 0 bridgehead atoms. The lowest BCUT2D eigenvalue weighted by Crippen LogP contribution is -2.27. The van der Waals surface area contributed by atoms with Crippen molar-refractivity contribution in [3.05, 3.63) is 81.5 Å². The predicted octanol–water partition coefficient (Wildman–Crippen LogP) is 6.85. The third kappa shape index (κ3) is 4.80. The number of anilines is 2. The van der Waals surface area contributed by atoms with Crippen LogP contribution >= 0.6 is 15.9 Å². The van der Waals surface area contributed by atoms with E-state index in [0.717, 1.165) is 32.7 Å². The molecule has 0 saturated heterocycles. The Kier molecular flexibility index (Phi) is 7.51. The highest BCUT2D eigenvalue weighted by Crippen LogP contribution is 2.48. The van der Waals surface area contributed by atoms with Gasteiger partial charge in [0.2, 0.25) is 0 Å². The van der Waals surface area contributed by atoms with E-state index in [9.17, 15) is 4.79 Å². The fourth-order valence-electron chi connectivity index (χ4n) is 5.28. The number of allylic oxidation sites excluding steroid dienone is 1. The number of fused-ring (bicyclic) bond motifs is 1. The lowest BCUT2D eigenvalue weighted by molar-refractivity contribution is -0.116. The molecule has 38 heavy (non-hydrogen) atoms. The molecule has 3 aromatic rings. The molecule has 0 spiro atoms. The number of hydrogen-bond donors (Lipinski definition) is 2. The van der Waals surface area contributed by atoms with E-state index in [1.807, 2.05) is 61.5 Å². The number of nitrogens with one attached hydrogen (secondary N) is 2. The highest BCUT2D eigenvalue weighted by atomic mass is 79.9. The summed E-state index contributed by atoms with van der Waals surface area (Å²) >= 11 is 3.55. The van der Waals surface area contributed by atoms with E-state index in [1.165, 1.54) is 0 Å². The van der Waals surface area contributed by atoms with Gasteiger partial charge in [-0.25, -0.2) is 0 Å². The largest absolute Gasteiger partial charge is 0.496 e. The van der Waals surface area contributed by atoms with Gasteiger partial charge in [-0.1, -0.05) is 18.2 Å². The maximum atomic E-state index is 14.0. The lowest BCUT2D eigenvalue weighted by atomic mass is 9.78. The van der Waals surface area contributed by atoms with E-state index in [2.05, 4.69) is 26.6 Å². The van der Waals surface area contributed by atoms with Crippen molar-refractivity contribution in [2.75, 3.05) is 38.6 Å². The van der Waals surface area contributed by atoms with Gasteiger partial charge in [0, 0.05) is 23.3 Å². The second-order valence-corrected chi connectivity index (χ2v) is 10.1. The summed E-state index contributed by atoms with van der Waals surface area (Å²) in [5.41, 5.74) is 5.29. The highest BCUT2D eigenvalue weighted by molar-refractivity contribution is 9.10. The first kappa shape index (κ1) is 26.0. The Balaban J connectivity index is 1.61. The summed E-state index contributed by atoms with van der Waals surface area (Å²) in [4.78, 5) is 14.0. The van der Waals surface area contributed by atoms with Crippen LogP contribution in [0, 0.1) is 0 Å². The Morgan fingerprint density at radius 1 is 0.868 bits per heavy atom. The van der Waals surface area contributed by atoms with E-state index in [0.29, 0.717) is 48.0 Å². The maximum Gasteiger partial charge on any atom is 0.163 e. The summed E-state index contributed by atoms with van der Waals surface area (Å²) in [5, 5.41) is 7.20. The van der Waals surface area contributed by atoms with Gasteiger partial charge in [0.05, 0.1) is 49.8 Å². The van der Waals surface area contributed by atoms with E-state index in [-0.39, 0.29) is 11.7 Å². The molecule has 0 fully saturated rings. The fraction of sp³-hybridized carbons (Fsp3) is 0.300. The molecule has 2 unspecified atom stereocenters. The molecule has 2 atom stereocenters. The van der Waals surface area contributed by atoms with Crippen molar-refractivity contribution in [1.29, 1.82) is 0 Å². The molecule has 8 heteroatoms. The van der Waals surface area contributed by atoms with Crippen LogP contribution in [-0.2, 0) is 4.79 Å². The zero-order valence-electron chi connectivity index (χ0n) is 21.9. The second-order valence-electron chi connectivity index (χ2n) is 9.24. The van der Waals surface area contributed by atoms with E-state index in [1.54, 1.807) is 21.3 Å². The van der Waals surface area contributed by atoms with Gasteiger partial charge in [0.25, 0.3) is 0 Å². The number of Topliss-reactive ketones (excluding diaryl/α,β-unsaturated/α-hetero) is 1. The lowest BCUT2D eigenvalue weighted by Gasteiger charge is -2.31. The minimum absolute atomic E-state index is 0.00871. The molecular weight excluding hydrogens is 548 g/mol. The number of benzene rings is 3. The van der Waals surface area contributed by atoms with Gasteiger partial charge >= 0.3 is 0 Å². The molecule has 1 heterocycles. The van der Waals surface area contributed by atoms with Gasteiger partial charge in [0.1, 0.15) is 11.5 Å². The molecule has 198 valence electrons. The van der Waals surface area contributed by atoms with Crippen molar-refractivity contribution in [2.24, 2.45) is 0 Å². The number of carbonyl (C=O) groups excluding carboxylic acids is 1. The number of ether oxygens (including phenoxy) is 4. The van der Waals surface area contributed by atoms with Crippen molar-refractivity contribution in [1.82, 2.24) is 0 Å². The van der Waals surface area contributed by atoms with E-state index < -0.39 is 6.04 Å². The summed E-state index contributed by atoms with van der Waals surface area (Å²) in [6, 6.07) is 17.3. The summed E-state index contributed by atoms with van der Waals surface area (Å²) in [6.45, 7) is 2.49. The van der Waals surface area contributed by atoms with Crippen LogP contribution in [0.5, 0.6) is 23.0 Å². The van der Waals surface area contributed by atoms with Crippen LogP contribution in [0.15, 0.2) is 70.3 Å².